The van der Waals surface area contributed by atoms with Gasteiger partial charge in [-0.3, -0.25) is 0 Å². The molecule has 0 spiro atoms. The summed E-state index contributed by atoms with van der Waals surface area (Å²) in [5.74, 6) is 1.77. The lowest BCUT2D eigenvalue weighted by Gasteiger charge is -2.34. The maximum Gasteiger partial charge on any atom is 0.110 e. The Morgan fingerprint density at radius 2 is 1.73 bits per heavy atom. The smallest absolute Gasteiger partial charge is 0.110 e. The summed E-state index contributed by atoms with van der Waals surface area (Å²) in [5, 5.41) is 0. The van der Waals surface area contributed by atoms with E-state index in [2.05, 4.69) is 59.6 Å². The van der Waals surface area contributed by atoms with Crippen molar-refractivity contribution < 1.29 is 0 Å². The molecule has 1 N–H and O–H groups in total. The molecule has 2 aliphatic rings. The van der Waals surface area contributed by atoms with Gasteiger partial charge in [0, 0.05) is 43.8 Å². The van der Waals surface area contributed by atoms with Gasteiger partial charge < -0.3 is 19.7 Å². The van der Waals surface area contributed by atoms with Crippen LogP contribution in [-0.4, -0.2) is 72.1 Å². The maximum absolute atomic E-state index is 5.00. The number of anilines is 1. The van der Waals surface area contributed by atoms with Crippen LogP contribution in [0.5, 0.6) is 0 Å². The highest BCUT2D eigenvalue weighted by atomic mass is 15.2. The first kappa shape index (κ1) is 17.8. The molecule has 142 valence electrons. The second-order valence-electron chi connectivity index (χ2n) is 8.48. The van der Waals surface area contributed by atoms with Crippen molar-refractivity contribution in [1.82, 2.24) is 19.8 Å². The second-order valence-corrected chi connectivity index (χ2v) is 8.48. The highest BCUT2D eigenvalue weighted by molar-refractivity contribution is 5.83. The van der Waals surface area contributed by atoms with Crippen LogP contribution in [0.1, 0.15) is 44.0 Å². The Morgan fingerprint density at radius 3 is 2.38 bits per heavy atom. The van der Waals surface area contributed by atoms with Crippen LogP contribution in [0.3, 0.4) is 0 Å². The minimum atomic E-state index is 0.573. The third-order valence-corrected chi connectivity index (χ3v) is 6.30. The minimum Gasteiger partial charge on any atom is -0.369 e. The molecule has 0 aliphatic carbocycles. The summed E-state index contributed by atoms with van der Waals surface area (Å²) in [6, 6.07) is 5.28. The van der Waals surface area contributed by atoms with Crippen LogP contribution in [0.2, 0.25) is 0 Å². The number of hydrogen-bond acceptors (Lipinski definition) is 4. The van der Waals surface area contributed by atoms with Gasteiger partial charge in [0.15, 0.2) is 0 Å². The van der Waals surface area contributed by atoms with E-state index in [1.165, 1.54) is 48.5 Å². The van der Waals surface area contributed by atoms with Crippen LogP contribution in [0, 0.1) is 6.92 Å². The van der Waals surface area contributed by atoms with Crippen molar-refractivity contribution >= 4 is 16.7 Å². The second kappa shape index (κ2) is 7.20. The number of likely N-dealkylation sites (N-methyl/N-ethyl adjacent to an activating group) is 1. The molecule has 2 saturated heterocycles. The van der Waals surface area contributed by atoms with Gasteiger partial charge in [-0.1, -0.05) is 0 Å². The van der Waals surface area contributed by atoms with Crippen molar-refractivity contribution in [3.8, 4) is 0 Å². The highest BCUT2D eigenvalue weighted by Crippen LogP contribution is 2.31. The molecule has 0 atom stereocenters. The number of H-pyrrole nitrogens is 1. The first-order valence-corrected chi connectivity index (χ1v) is 10.2. The molecule has 2 aliphatic heterocycles. The first-order valence-electron chi connectivity index (χ1n) is 10.2. The van der Waals surface area contributed by atoms with E-state index in [1.807, 2.05) is 0 Å². The molecule has 1 aromatic heterocycles. The quantitative estimate of drug-likeness (QED) is 0.918. The fourth-order valence-corrected chi connectivity index (χ4v) is 4.42. The Morgan fingerprint density at radius 1 is 1.04 bits per heavy atom. The molecule has 2 fully saturated rings. The Bertz CT molecular complexity index is 749. The molecule has 0 radical (unpaired) electrons. The Balaban J connectivity index is 1.55. The molecule has 5 nitrogen and oxygen atoms in total. The summed E-state index contributed by atoms with van der Waals surface area (Å²) in [6.45, 7) is 13.7. The highest BCUT2D eigenvalue weighted by Gasteiger charge is 2.25. The average molecular weight is 356 g/mol. The number of piperazine rings is 1. The largest absolute Gasteiger partial charge is 0.369 e. The number of aryl methyl sites for hydroxylation is 1. The van der Waals surface area contributed by atoms with Gasteiger partial charge in [-0.05, 0) is 71.4 Å². The topological polar surface area (TPSA) is 38.4 Å². The molecule has 5 heteroatoms. The first-order chi connectivity index (χ1) is 12.5. The lowest BCUT2D eigenvalue weighted by atomic mass is 9.95. The molecule has 0 amide bonds. The van der Waals surface area contributed by atoms with Gasteiger partial charge in [-0.15, -0.1) is 0 Å². The van der Waals surface area contributed by atoms with Crippen LogP contribution in [0.25, 0.3) is 11.0 Å². The number of fused-ring (bicyclic) bond motifs is 1. The lowest BCUT2D eigenvalue weighted by Crippen LogP contribution is -2.44. The Labute approximate surface area is 157 Å². The van der Waals surface area contributed by atoms with E-state index in [9.17, 15) is 0 Å². The van der Waals surface area contributed by atoms with Gasteiger partial charge in [-0.25, -0.2) is 4.98 Å². The third kappa shape index (κ3) is 3.47. The zero-order chi connectivity index (χ0) is 18.3. The van der Waals surface area contributed by atoms with Crippen molar-refractivity contribution in [1.29, 1.82) is 0 Å². The number of aromatic nitrogens is 2. The third-order valence-electron chi connectivity index (χ3n) is 6.30. The van der Waals surface area contributed by atoms with Gasteiger partial charge in [0.05, 0.1) is 11.0 Å². The minimum absolute atomic E-state index is 0.573. The predicted octanol–water partition coefficient (Wildman–Crippen LogP) is 3.21. The van der Waals surface area contributed by atoms with Crippen molar-refractivity contribution in [2.75, 3.05) is 51.2 Å². The summed E-state index contributed by atoms with van der Waals surface area (Å²) in [7, 11) is 2.21. The van der Waals surface area contributed by atoms with Crippen LogP contribution >= 0.6 is 0 Å². The number of nitrogens with one attached hydrogen (secondary N) is 1. The zero-order valence-electron chi connectivity index (χ0n) is 16.8. The van der Waals surface area contributed by atoms with Crippen molar-refractivity contribution in [2.45, 2.75) is 45.6 Å². The molecule has 0 unspecified atom stereocenters. The van der Waals surface area contributed by atoms with Crippen LogP contribution in [0.15, 0.2) is 12.1 Å². The number of nitrogens with zero attached hydrogens (tertiary/aromatic N) is 4. The van der Waals surface area contributed by atoms with E-state index in [1.54, 1.807) is 0 Å². The van der Waals surface area contributed by atoms with Crippen LogP contribution in [-0.2, 0) is 0 Å². The standard InChI is InChI=1S/C21H33N5/c1-15(2)25-7-5-17(6-8-25)21-22-19-14-18(13-16(3)20(19)23-21)26-11-9-24(4)10-12-26/h13-15,17H,5-12H2,1-4H3,(H,22,23). The van der Waals surface area contributed by atoms with Crippen LogP contribution < -0.4 is 4.90 Å². The number of rotatable bonds is 3. The van der Waals surface area contributed by atoms with Crippen LogP contribution in [0.4, 0.5) is 5.69 Å². The van der Waals surface area contributed by atoms with Crippen molar-refractivity contribution in [2.24, 2.45) is 0 Å². The van der Waals surface area contributed by atoms with Crippen molar-refractivity contribution in [3.63, 3.8) is 0 Å². The number of imidazole rings is 1. The van der Waals surface area contributed by atoms with Gasteiger partial charge in [0.25, 0.3) is 0 Å². The fourth-order valence-electron chi connectivity index (χ4n) is 4.42. The number of aromatic amines is 1. The molecule has 0 saturated carbocycles. The van der Waals surface area contributed by atoms with E-state index in [0.29, 0.717) is 12.0 Å². The van der Waals surface area contributed by atoms with Gasteiger partial charge in [0.1, 0.15) is 5.82 Å². The number of likely N-dealkylation sites (tertiary alicyclic amines) is 1. The lowest BCUT2D eigenvalue weighted by molar-refractivity contribution is 0.170. The normalized spacial score (nSPS) is 21.2. The van der Waals surface area contributed by atoms with E-state index in [0.717, 1.165) is 31.7 Å². The Hall–Kier alpha value is -1.59. The molecule has 3 heterocycles. The summed E-state index contributed by atoms with van der Waals surface area (Å²) in [6.07, 6.45) is 2.42. The summed E-state index contributed by atoms with van der Waals surface area (Å²) >= 11 is 0. The van der Waals surface area contributed by atoms with E-state index < -0.39 is 0 Å². The molecule has 2 aromatic rings. The molecule has 26 heavy (non-hydrogen) atoms. The molecule has 1 aromatic carbocycles. The van der Waals surface area contributed by atoms with Gasteiger partial charge >= 0.3 is 0 Å². The molecule has 4 rings (SSSR count). The summed E-state index contributed by atoms with van der Waals surface area (Å²) < 4.78 is 0. The zero-order valence-corrected chi connectivity index (χ0v) is 16.8. The number of benzene rings is 1. The molecular weight excluding hydrogens is 322 g/mol. The number of piperidine rings is 1. The summed E-state index contributed by atoms with van der Waals surface area (Å²) in [4.78, 5) is 16.2. The van der Waals surface area contributed by atoms with Gasteiger partial charge in [0.2, 0.25) is 0 Å². The average Bonchev–Trinajstić information content (AvgIpc) is 3.07. The Kier molecular flexibility index (Phi) is 4.93. The SMILES string of the molecule is Cc1cc(N2CCN(C)CC2)cc2[nH]c(C3CCN(C(C)C)CC3)nc12. The molecule has 0 bridgehead atoms. The monoisotopic (exact) mass is 355 g/mol. The molecular formula is C21H33N5. The fraction of sp³-hybridized carbons (Fsp3) is 0.667. The van der Waals surface area contributed by atoms with E-state index >= 15 is 0 Å². The van der Waals surface area contributed by atoms with E-state index in [-0.39, 0.29) is 0 Å². The maximum atomic E-state index is 5.00. The van der Waals surface area contributed by atoms with Crippen molar-refractivity contribution in [3.05, 3.63) is 23.5 Å². The predicted molar refractivity (Wildman–Crippen MR) is 109 cm³/mol. The number of hydrogen-bond donors (Lipinski definition) is 1. The summed E-state index contributed by atoms with van der Waals surface area (Å²) in [5.41, 5.74) is 5.00. The van der Waals surface area contributed by atoms with E-state index in [4.69, 9.17) is 4.98 Å². The van der Waals surface area contributed by atoms with Gasteiger partial charge in [-0.2, -0.15) is 0 Å².